The summed E-state index contributed by atoms with van der Waals surface area (Å²) < 4.78 is 33.6. The number of nitrogens with zero attached hydrogens (tertiary/aromatic N) is 2. The first kappa shape index (κ1) is 19.9. The molecule has 2 aromatic rings. The number of carbonyl (C=O) groups excluding carboxylic acids is 1. The van der Waals surface area contributed by atoms with Crippen molar-refractivity contribution in [1.82, 2.24) is 14.2 Å². The van der Waals surface area contributed by atoms with E-state index in [2.05, 4.69) is 5.32 Å². The number of ether oxygens (including phenoxy) is 1. The molecule has 1 saturated heterocycles. The number of morpholine rings is 1. The Bertz CT molecular complexity index is 875. The Morgan fingerprint density at radius 3 is 2.63 bits per heavy atom. The van der Waals surface area contributed by atoms with Crippen LogP contribution >= 0.6 is 11.8 Å². The third-order valence-electron chi connectivity index (χ3n) is 4.22. The maximum Gasteiger partial charge on any atom is 0.267 e. The molecule has 1 aromatic carbocycles. The molecule has 0 radical (unpaired) electrons. The van der Waals surface area contributed by atoms with Crippen LogP contribution in [0.1, 0.15) is 10.5 Å². The SMILES string of the molecule is Cn1cc(S(=O)(=O)N2CCOCC2)cc1C(=O)NCCSc1ccccc1. The number of benzene rings is 1. The van der Waals surface area contributed by atoms with Gasteiger partial charge in [0, 0.05) is 43.5 Å². The molecule has 9 heteroatoms. The van der Waals surface area contributed by atoms with Crippen molar-refractivity contribution in [2.24, 2.45) is 7.05 Å². The summed E-state index contributed by atoms with van der Waals surface area (Å²) in [4.78, 5) is 13.7. The van der Waals surface area contributed by atoms with Crippen LogP contribution in [0.4, 0.5) is 0 Å². The van der Waals surface area contributed by atoms with Gasteiger partial charge in [0.1, 0.15) is 10.6 Å². The number of rotatable bonds is 7. The van der Waals surface area contributed by atoms with Gasteiger partial charge in [0.25, 0.3) is 5.91 Å². The first-order valence-electron chi connectivity index (χ1n) is 8.69. The van der Waals surface area contributed by atoms with Crippen molar-refractivity contribution < 1.29 is 17.9 Å². The zero-order valence-electron chi connectivity index (χ0n) is 15.1. The van der Waals surface area contributed by atoms with Crippen LogP contribution in [-0.4, -0.2) is 61.8 Å². The van der Waals surface area contributed by atoms with E-state index in [-0.39, 0.29) is 10.8 Å². The highest BCUT2D eigenvalue weighted by atomic mass is 32.2. The van der Waals surface area contributed by atoms with Crippen LogP contribution in [0.25, 0.3) is 0 Å². The number of aromatic nitrogens is 1. The lowest BCUT2D eigenvalue weighted by molar-refractivity contribution is 0.0730. The molecule has 1 N–H and O–H groups in total. The highest BCUT2D eigenvalue weighted by Crippen LogP contribution is 2.20. The number of amides is 1. The molecule has 1 aliphatic heterocycles. The molecule has 146 valence electrons. The molecule has 0 saturated carbocycles. The number of hydrogen-bond acceptors (Lipinski definition) is 5. The highest BCUT2D eigenvalue weighted by Gasteiger charge is 2.28. The Morgan fingerprint density at radius 1 is 1.22 bits per heavy atom. The molecule has 1 aromatic heterocycles. The second-order valence-corrected chi connectivity index (χ2v) is 9.21. The maximum atomic E-state index is 12.7. The van der Waals surface area contributed by atoms with Gasteiger partial charge in [0.15, 0.2) is 0 Å². The minimum Gasteiger partial charge on any atom is -0.379 e. The summed E-state index contributed by atoms with van der Waals surface area (Å²) in [7, 11) is -1.94. The Morgan fingerprint density at radius 2 is 1.93 bits per heavy atom. The zero-order valence-corrected chi connectivity index (χ0v) is 16.8. The van der Waals surface area contributed by atoms with E-state index in [0.29, 0.717) is 38.5 Å². The van der Waals surface area contributed by atoms with E-state index < -0.39 is 10.0 Å². The molecule has 27 heavy (non-hydrogen) atoms. The fraction of sp³-hybridized carbons (Fsp3) is 0.389. The Labute approximate surface area is 163 Å². The van der Waals surface area contributed by atoms with Crippen molar-refractivity contribution >= 4 is 27.7 Å². The number of carbonyl (C=O) groups is 1. The predicted molar refractivity (Wildman–Crippen MR) is 104 cm³/mol. The summed E-state index contributed by atoms with van der Waals surface area (Å²) in [5.41, 5.74) is 0.326. The van der Waals surface area contributed by atoms with E-state index in [1.54, 1.807) is 23.4 Å². The van der Waals surface area contributed by atoms with Crippen LogP contribution in [0.15, 0.2) is 52.4 Å². The summed E-state index contributed by atoms with van der Waals surface area (Å²) in [6.45, 7) is 1.93. The van der Waals surface area contributed by atoms with Gasteiger partial charge < -0.3 is 14.6 Å². The van der Waals surface area contributed by atoms with Crippen LogP contribution in [0.2, 0.25) is 0 Å². The fourth-order valence-corrected chi connectivity index (χ4v) is 5.05. The normalized spacial score (nSPS) is 15.6. The van der Waals surface area contributed by atoms with Crippen molar-refractivity contribution in [3.63, 3.8) is 0 Å². The van der Waals surface area contributed by atoms with Gasteiger partial charge in [-0.2, -0.15) is 4.31 Å². The van der Waals surface area contributed by atoms with Crippen molar-refractivity contribution in [3.8, 4) is 0 Å². The standard InChI is InChI=1S/C18H23N3O4S2/c1-20-14-16(27(23,24)21-8-10-25-11-9-21)13-17(20)18(22)19-7-12-26-15-5-3-2-4-6-15/h2-6,13-14H,7-12H2,1H3,(H,19,22). The number of hydrogen-bond donors (Lipinski definition) is 1. The van der Waals surface area contributed by atoms with Crippen LogP contribution < -0.4 is 5.32 Å². The Balaban J connectivity index is 1.59. The molecule has 3 rings (SSSR count). The number of aryl methyl sites for hydroxylation is 1. The minimum atomic E-state index is -3.61. The van der Waals surface area contributed by atoms with Gasteiger partial charge in [-0.25, -0.2) is 8.42 Å². The number of thioether (sulfide) groups is 1. The lowest BCUT2D eigenvalue weighted by Crippen LogP contribution is -2.40. The molecule has 1 amide bonds. The largest absolute Gasteiger partial charge is 0.379 e. The average Bonchev–Trinajstić information content (AvgIpc) is 3.09. The minimum absolute atomic E-state index is 0.135. The second-order valence-electron chi connectivity index (χ2n) is 6.11. The smallest absolute Gasteiger partial charge is 0.267 e. The van der Waals surface area contributed by atoms with E-state index in [0.717, 1.165) is 10.6 Å². The molecule has 0 unspecified atom stereocenters. The van der Waals surface area contributed by atoms with E-state index in [9.17, 15) is 13.2 Å². The molecule has 0 bridgehead atoms. The van der Waals surface area contributed by atoms with Gasteiger partial charge in [-0.1, -0.05) is 18.2 Å². The van der Waals surface area contributed by atoms with Crippen LogP contribution in [-0.2, 0) is 21.8 Å². The highest BCUT2D eigenvalue weighted by molar-refractivity contribution is 7.99. The molecule has 0 spiro atoms. The van der Waals surface area contributed by atoms with Crippen LogP contribution in [0, 0.1) is 0 Å². The molecular formula is C18H23N3O4S2. The third kappa shape index (κ3) is 4.92. The molecular weight excluding hydrogens is 386 g/mol. The van der Waals surface area contributed by atoms with E-state index in [1.807, 2.05) is 30.3 Å². The average molecular weight is 410 g/mol. The summed E-state index contributed by atoms with van der Waals surface area (Å²) in [5, 5.41) is 2.85. The summed E-state index contributed by atoms with van der Waals surface area (Å²) >= 11 is 1.65. The van der Waals surface area contributed by atoms with Gasteiger partial charge >= 0.3 is 0 Å². The molecule has 2 heterocycles. The van der Waals surface area contributed by atoms with Crippen molar-refractivity contribution in [3.05, 3.63) is 48.3 Å². The van der Waals surface area contributed by atoms with Crippen LogP contribution in [0.5, 0.6) is 0 Å². The molecule has 0 atom stereocenters. The summed E-state index contributed by atoms with van der Waals surface area (Å²) in [5.74, 6) is 0.452. The zero-order chi connectivity index (χ0) is 19.3. The van der Waals surface area contributed by atoms with E-state index in [4.69, 9.17) is 4.74 Å². The third-order valence-corrected chi connectivity index (χ3v) is 7.10. The van der Waals surface area contributed by atoms with Gasteiger partial charge in [-0.15, -0.1) is 11.8 Å². The first-order valence-corrected chi connectivity index (χ1v) is 11.1. The molecule has 1 aliphatic rings. The van der Waals surface area contributed by atoms with Crippen LogP contribution in [0.3, 0.4) is 0 Å². The van der Waals surface area contributed by atoms with E-state index in [1.165, 1.54) is 16.6 Å². The number of sulfonamides is 1. The quantitative estimate of drug-likeness (QED) is 0.555. The molecule has 0 aliphatic carbocycles. The van der Waals surface area contributed by atoms with Crippen molar-refractivity contribution in [2.45, 2.75) is 9.79 Å². The summed E-state index contributed by atoms with van der Waals surface area (Å²) in [6, 6.07) is 11.4. The van der Waals surface area contributed by atoms with E-state index >= 15 is 0 Å². The van der Waals surface area contributed by atoms with Gasteiger partial charge in [-0.3, -0.25) is 4.79 Å². The van der Waals surface area contributed by atoms with Gasteiger partial charge in [-0.05, 0) is 18.2 Å². The molecule has 7 nitrogen and oxygen atoms in total. The van der Waals surface area contributed by atoms with Crippen molar-refractivity contribution in [2.75, 3.05) is 38.6 Å². The van der Waals surface area contributed by atoms with Gasteiger partial charge in [0.2, 0.25) is 10.0 Å². The predicted octanol–water partition coefficient (Wildman–Crippen LogP) is 1.57. The topological polar surface area (TPSA) is 80.6 Å². The maximum absolute atomic E-state index is 12.7. The van der Waals surface area contributed by atoms with Crippen molar-refractivity contribution in [1.29, 1.82) is 0 Å². The monoisotopic (exact) mass is 409 g/mol. The Hall–Kier alpha value is -1.81. The second kappa shape index (κ2) is 8.92. The fourth-order valence-electron chi connectivity index (χ4n) is 2.78. The first-order chi connectivity index (χ1) is 13.0. The van der Waals surface area contributed by atoms with Gasteiger partial charge in [0.05, 0.1) is 13.2 Å². The number of nitrogens with one attached hydrogen (secondary N) is 1. The Kier molecular flexibility index (Phi) is 6.59. The lowest BCUT2D eigenvalue weighted by atomic mass is 10.4. The summed E-state index contributed by atoms with van der Waals surface area (Å²) in [6.07, 6.45) is 1.48. The lowest BCUT2D eigenvalue weighted by Gasteiger charge is -2.25. The molecule has 1 fully saturated rings.